The van der Waals surface area contributed by atoms with Crippen LogP contribution in [0.2, 0.25) is 0 Å². The molecular formula is C14H22Cl2N2. The van der Waals surface area contributed by atoms with E-state index in [9.17, 15) is 0 Å². The quantitative estimate of drug-likeness (QED) is 0.907. The highest BCUT2D eigenvalue weighted by Crippen LogP contribution is 2.47. The van der Waals surface area contributed by atoms with Gasteiger partial charge in [0.05, 0.1) is 0 Å². The normalized spacial score (nSPS) is 29.2. The molecule has 2 aliphatic rings. The van der Waals surface area contributed by atoms with Crippen molar-refractivity contribution < 1.29 is 0 Å². The SMILES string of the molecule is Cc1cc(C)cc(CN2CC3CC3(N)C2)c1.Cl.Cl. The van der Waals surface area contributed by atoms with Crippen molar-refractivity contribution in [1.82, 2.24) is 4.90 Å². The van der Waals surface area contributed by atoms with E-state index in [1.54, 1.807) is 0 Å². The first-order valence-electron chi connectivity index (χ1n) is 6.14. The molecule has 1 heterocycles. The Morgan fingerprint density at radius 2 is 1.83 bits per heavy atom. The van der Waals surface area contributed by atoms with Crippen LogP contribution >= 0.6 is 24.8 Å². The van der Waals surface area contributed by atoms with Gasteiger partial charge in [-0.05, 0) is 31.7 Å². The van der Waals surface area contributed by atoms with Gasteiger partial charge in [-0.1, -0.05) is 29.3 Å². The summed E-state index contributed by atoms with van der Waals surface area (Å²) in [6.45, 7) is 7.69. The lowest BCUT2D eigenvalue weighted by Gasteiger charge is -2.19. The number of halogens is 2. The summed E-state index contributed by atoms with van der Waals surface area (Å²) in [5.74, 6) is 0.776. The predicted octanol–water partition coefficient (Wildman–Crippen LogP) is 2.68. The zero-order valence-electron chi connectivity index (χ0n) is 11.0. The summed E-state index contributed by atoms with van der Waals surface area (Å²) in [6.07, 6.45) is 1.25. The lowest BCUT2D eigenvalue weighted by Crippen LogP contribution is -2.32. The summed E-state index contributed by atoms with van der Waals surface area (Å²) in [7, 11) is 0. The molecular weight excluding hydrogens is 267 g/mol. The number of fused-ring (bicyclic) bond motifs is 1. The number of rotatable bonds is 2. The lowest BCUT2D eigenvalue weighted by molar-refractivity contribution is 0.290. The minimum absolute atomic E-state index is 0. The van der Waals surface area contributed by atoms with Gasteiger partial charge in [0.1, 0.15) is 0 Å². The van der Waals surface area contributed by atoms with Crippen molar-refractivity contribution in [3.8, 4) is 0 Å². The topological polar surface area (TPSA) is 29.3 Å². The minimum Gasteiger partial charge on any atom is -0.324 e. The largest absolute Gasteiger partial charge is 0.324 e. The number of piperidine rings is 1. The second kappa shape index (κ2) is 5.38. The second-order valence-corrected chi connectivity index (χ2v) is 5.80. The van der Waals surface area contributed by atoms with Gasteiger partial charge in [-0.3, -0.25) is 4.90 Å². The molecule has 0 bridgehead atoms. The van der Waals surface area contributed by atoms with E-state index in [1.807, 2.05) is 0 Å². The number of hydrogen-bond acceptors (Lipinski definition) is 2. The maximum Gasteiger partial charge on any atom is 0.0328 e. The molecule has 0 spiro atoms. The standard InChI is InChI=1S/C14H20N2.2ClH/c1-10-3-11(2)5-12(4-10)7-16-8-13-6-14(13,15)9-16;;/h3-5,13H,6-9,15H2,1-2H3;2*1H. The highest BCUT2D eigenvalue weighted by molar-refractivity contribution is 5.85. The fourth-order valence-electron chi connectivity index (χ4n) is 3.17. The number of aryl methyl sites for hydroxylation is 2. The van der Waals surface area contributed by atoms with Crippen molar-refractivity contribution in [3.05, 3.63) is 34.9 Å². The van der Waals surface area contributed by atoms with E-state index < -0.39 is 0 Å². The molecule has 18 heavy (non-hydrogen) atoms. The zero-order valence-corrected chi connectivity index (χ0v) is 12.6. The Balaban J connectivity index is 0.000000810. The highest BCUT2D eigenvalue weighted by Gasteiger charge is 2.56. The summed E-state index contributed by atoms with van der Waals surface area (Å²) < 4.78 is 0. The van der Waals surface area contributed by atoms with Crippen LogP contribution in [0.15, 0.2) is 18.2 Å². The van der Waals surface area contributed by atoms with Gasteiger partial charge in [0, 0.05) is 25.2 Å². The van der Waals surface area contributed by atoms with Gasteiger partial charge < -0.3 is 5.73 Å². The Morgan fingerprint density at radius 3 is 2.33 bits per heavy atom. The van der Waals surface area contributed by atoms with E-state index in [1.165, 1.54) is 29.7 Å². The molecule has 2 atom stereocenters. The first kappa shape index (κ1) is 15.8. The summed E-state index contributed by atoms with van der Waals surface area (Å²) in [5.41, 5.74) is 10.6. The molecule has 102 valence electrons. The van der Waals surface area contributed by atoms with Crippen LogP contribution < -0.4 is 5.73 Å². The number of nitrogens with zero attached hydrogens (tertiary/aromatic N) is 1. The molecule has 1 aromatic carbocycles. The molecule has 3 rings (SSSR count). The van der Waals surface area contributed by atoms with Crippen LogP contribution in [0.1, 0.15) is 23.1 Å². The number of likely N-dealkylation sites (tertiary alicyclic amines) is 1. The second-order valence-electron chi connectivity index (χ2n) is 5.80. The van der Waals surface area contributed by atoms with Crippen LogP contribution in [-0.4, -0.2) is 23.5 Å². The van der Waals surface area contributed by atoms with Crippen LogP contribution in [0.5, 0.6) is 0 Å². The lowest BCUT2D eigenvalue weighted by atomic mass is 10.1. The van der Waals surface area contributed by atoms with E-state index in [0.717, 1.165) is 19.0 Å². The Bertz CT molecular complexity index is 416. The van der Waals surface area contributed by atoms with Gasteiger partial charge in [-0.25, -0.2) is 0 Å². The fraction of sp³-hybridized carbons (Fsp3) is 0.571. The van der Waals surface area contributed by atoms with Crippen LogP contribution in [0.25, 0.3) is 0 Å². The Kier molecular flexibility index (Phi) is 4.71. The minimum atomic E-state index is 0. The molecule has 1 aromatic rings. The molecule has 1 aliphatic heterocycles. The average molecular weight is 289 g/mol. The number of benzene rings is 1. The van der Waals surface area contributed by atoms with Crippen molar-refractivity contribution in [1.29, 1.82) is 0 Å². The first-order chi connectivity index (χ1) is 7.55. The van der Waals surface area contributed by atoms with Crippen LogP contribution in [0.3, 0.4) is 0 Å². The van der Waals surface area contributed by atoms with E-state index in [0.29, 0.717) is 0 Å². The van der Waals surface area contributed by atoms with E-state index >= 15 is 0 Å². The molecule has 0 aromatic heterocycles. The fourth-order valence-corrected chi connectivity index (χ4v) is 3.17. The van der Waals surface area contributed by atoms with E-state index in [2.05, 4.69) is 36.9 Å². The third-order valence-electron chi connectivity index (χ3n) is 3.96. The molecule has 1 saturated heterocycles. The summed E-state index contributed by atoms with van der Waals surface area (Å²) in [6, 6.07) is 6.82. The van der Waals surface area contributed by atoms with Gasteiger partial charge >= 0.3 is 0 Å². The third-order valence-corrected chi connectivity index (χ3v) is 3.96. The average Bonchev–Trinajstić information content (AvgIpc) is 2.63. The number of hydrogen-bond donors (Lipinski definition) is 1. The van der Waals surface area contributed by atoms with Gasteiger partial charge in [-0.2, -0.15) is 0 Å². The Labute approximate surface area is 122 Å². The monoisotopic (exact) mass is 288 g/mol. The van der Waals surface area contributed by atoms with Crippen molar-refractivity contribution in [2.24, 2.45) is 11.7 Å². The van der Waals surface area contributed by atoms with Crippen molar-refractivity contribution in [3.63, 3.8) is 0 Å². The molecule has 4 heteroatoms. The van der Waals surface area contributed by atoms with Crippen molar-refractivity contribution in [2.75, 3.05) is 13.1 Å². The molecule has 0 amide bonds. The van der Waals surface area contributed by atoms with E-state index in [4.69, 9.17) is 5.73 Å². The Morgan fingerprint density at radius 1 is 1.22 bits per heavy atom. The third kappa shape index (κ3) is 3.00. The van der Waals surface area contributed by atoms with Crippen LogP contribution in [-0.2, 0) is 6.54 Å². The molecule has 1 aliphatic carbocycles. The molecule has 0 radical (unpaired) electrons. The predicted molar refractivity (Wildman–Crippen MR) is 80.7 cm³/mol. The first-order valence-corrected chi connectivity index (χ1v) is 6.14. The summed E-state index contributed by atoms with van der Waals surface area (Å²) in [4.78, 5) is 2.50. The van der Waals surface area contributed by atoms with Crippen molar-refractivity contribution >= 4 is 24.8 Å². The van der Waals surface area contributed by atoms with Crippen LogP contribution in [0, 0.1) is 19.8 Å². The molecule has 2 N–H and O–H groups in total. The maximum atomic E-state index is 6.21. The zero-order chi connectivity index (χ0) is 11.3. The maximum absolute atomic E-state index is 6.21. The highest BCUT2D eigenvalue weighted by atomic mass is 35.5. The van der Waals surface area contributed by atoms with Gasteiger partial charge in [0.15, 0.2) is 0 Å². The smallest absolute Gasteiger partial charge is 0.0328 e. The summed E-state index contributed by atoms with van der Waals surface area (Å²) >= 11 is 0. The molecule has 2 nitrogen and oxygen atoms in total. The van der Waals surface area contributed by atoms with Crippen molar-refractivity contribution in [2.45, 2.75) is 32.4 Å². The molecule has 2 unspecified atom stereocenters. The van der Waals surface area contributed by atoms with Gasteiger partial charge in [0.2, 0.25) is 0 Å². The summed E-state index contributed by atoms with van der Waals surface area (Å²) in [5, 5.41) is 0. The van der Waals surface area contributed by atoms with Crippen LogP contribution in [0.4, 0.5) is 0 Å². The Hall–Kier alpha value is -0.280. The molecule has 1 saturated carbocycles. The van der Waals surface area contributed by atoms with Gasteiger partial charge in [-0.15, -0.1) is 24.8 Å². The number of nitrogens with two attached hydrogens (primary N) is 1. The molecule has 2 fully saturated rings. The van der Waals surface area contributed by atoms with Gasteiger partial charge in [0.25, 0.3) is 0 Å². The van der Waals surface area contributed by atoms with E-state index in [-0.39, 0.29) is 30.4 Å².